The molecule has 2 rings (SSSR count). The predicted octanol–water partition coefficient (Wildman–Crippen LogP) is 1.01. The van der Waals surface area contributed by atoms with Crippen LogP contribution in [-0.4, -0.2) is 48.7 Å². The Hall–Kier alpha value is -0.610. The minimum Gasteiger partial charge on any atom is -0.363 e. The van der Waals surface area contributed by atoms with Crippen molar-refractivity contribution in [3.8, 4) is 0 Å². The molecule has 2 aliphatic heterocycles. The lowest BCUT2D eigenvalue weighted by Gasteiger charge is -2.46. The van der Waals surface area contributed by atoms with Crippen molar-refractivity contribution >= 4 is 5.91 Å². The lowest BCUT2D eigenvalue weighted by Crippen LogP contribution is -2.58. The lowest BCUT2D eigenvalue weighted by atomic mass is 9.81. The molecule has 0 aromatic carbocycles. The Morgan fingerprint density at radius 1 is 1.53 bits per heavy atom. The third-order valence-corrected chi connectivity index (χ3v) is 4.22. The van der Waals surface area contributed by atoms with E-state index in [0.717, 1.165) is 6.54 Å². The molecular weight excluding hydrogens is 216 g/mol. The van der Waals surface area contributed by atoms with Gasteiger partial charge in [-0.25, -0.2) is 0 Å². The first-order valence-corrected chi connectivity index (χ1v) is 6.66. The van der Waals surface area contributed by atoms with Crippen LogP contribution in [0.25, 0.3) is 0 Å². The number of ether oxygens (including phenoxy) is 1. The fourth-order valence-corrected chi connectivity index (χ4v) is 2.84. The molecule has 1 amide bonds. The molecule has 2 aliphatic rings. The molecule has 0 bridgehead atoms. The second kappa shape index (κ2) is 4.94. The zero-order valence-electron chi connectivity index (χ0n) is 11.2. The van der Waals surface area contributed by atoms with Crippen molar-refractivity contribution in [2.24, 2.45) is 5.92 Å². The predicted molar refractivity (Wildman–Crippen MR) is 66.8 cm³/mol. The van der Waals surface area contributed by atoms with Crippen LogP contribution in [0.4, 0.5) is 0 Å². The number of hydrogen-bond acceptors (Lipinski definition) is 3. The molecule has 4 heteroatoms. The van der Waals surface area contributed by atoms with Crippen molar-refractivity contribution < 1.29 is 9.53 Å². The van der Waals surface area contributed by atoms with Crippen LogP contribution in [0.1, 0.15) is 33.6 Å². The molecule has 0 aromatic heterocycles. The van der Waals surface area contributed by atoms with Gasteiger partial charge in [-0.05, 0) is 40.2 Å². The molecule has 1 N–H and O–H groups in total. The smallest absolute Gasteiger partial charge is 0.246 e. The van der Waals surface area contributed by atoms with Crippen molar-refractivity contribution in [2.45, 2.75) is 45.3 Å². The Kier molecular flexibility index (Phi) is 3.73. The fraction of sp³-hybridized carbons (Fsp3) is 0.923. The van der Waals surface area contributed by atoms with E-state index in [0.29, 0.717) is 18.5 Å². The first-order valence-electron chi connectivity index (χ1n) is 6.66. The summed E-state index contributed by atoms with van der Waals surface area (Å²) in [4.78, 5) is 13.7. The molecule has 0 saturated carbocycles. The van der Waals surface area contributed by atoms with Gasteiger partial charge in [-0.15, -0.1) is 0 Å². The quantitative estimate of drug-likeness (QED) is 0.783. The van der Waals surface area contributed by atoms with Crippen LogP contribution in [-0.2, 0) is 9.53 Å². The average Bonchev–Trinajstić information content (AvgIpc) is 2.33. The molecule has 0 spiro atoms. The van der Waals surface area contributed by atoms with E-state index in [2.05, 4.69) is 31.0 Å². The number of nitrogens with zero attached hydrogens (tertiary/aromatic N) is 1. The minimum absolute atomic E-state index is 0.0130. The maximum Gasteiger partial charge on any atom is 0.246 e. The summed E-state index contributed by atoms with van der Waals surface area (Å²) in [6, 6.07) is 0.597. The fourth-order valence-electron chi connectivity index (χ4n) is 2.84. The Labute approximate surface area is 104 Å². The molecule has 0 aromatic rings. The second-order valence-electron chi connectivity index (χ2n) is 5.81. The summed E-state index contributed by atoms with van der Waals surface area (Å²) in [5.74, 6) is 0.540. The van der Waals surface area contributed by atoms with Gasteiger partial charge in [0.1, 0.15) is 6.61 Å². The Morgan fingerprint density at radius 3 is 2.88 bits per heavy atom. The van der Waals surface area contributed by atoms with Crippen LogP contribution in [0.2, 0.25) is 0 Å². The third kappa shape index (κ3) is 2.80. The van der Waals surface area contributed by atoms with Gasteiger partial charge in [-0.3, -0.25) is 4.79 Å². The minimum atomic E-state index is -0.179. The van der Waals surface area contributed by atoms with Crippen molar-refractivity contribution in [1.29, 1.82) is 0 Å². The summed E-state index contributed by atoms with van der Waals surface area (Å²) >= 11 is 0. The van der Waals surface area contributed by atoms with Crippen molar-refractivity contribution in [3.05, 3.63) is 0 Å². The molecule has 2 saturated heterocycles. The number of carbonyl (C=O) groups excluding carboxylic acids is 1. The number of likely N-dealkylation sites (tertiary alicyclic amines) is 1. The first kappa shape index (κ1) is 12.8. The van der Waals surface area contributed by atoms with E-state index >= 15 is 0 Å². The van der Waals surface area contributed by atoms with Crippen molar-refractivity contribution in [2.75, 3.05) is 26.2 Å². The zero-order valence-corrected chi connectivity index (χ0v) is 11.2. The largest absolute Gasteiger partial charge is 0.363 e. The van der Waals surface area contributed by atoms with Gasteiger partial charge in [-0.1, -0.05) is 0 Å². The molecule has 2 atom stereocenters. The molecule has 2 heterocycles. The van der Waals surface area contributed by atoms with Crippen LogP contribution >= 0.6 is 0 Å². The monoisotopic (exact) mass is 240 g/mol. The van der Waals surface area contributed by atoms with E-state index in [9.17, 15) is 4.79 Å². The first-order chi connectivity index (χ1) is 8.01. The number of rotatable bonds is 2. The summed E-state index contributed by atoms with van der Waals surface area (Å²) in [5.41, 5.74) is -0.179. The van der Waals surface area contributed by atoms with Gasteiger partial charge in [0.05, 0.1) is 5.60 Å². The summed E-state index contributed by atoms with van der Waals surface area (Å²) in [6.07, 6.45) is 2.44. The SMILES string of the molecule is CC(C)N1CCCC(C2(C)CNC(=O)CO2)C1. The molecular formula is C13H24N2O2. The number of piperidine rings is 1. The van der Waals surface area contributed by atoms with Gasteiger partial charge in [0, 0.05) is 25.0 Å². The van der Waals surface area contributed by atoms with Crippen molar-refractivity contribution in [1.82, 2.24) is 10.2 Å². The highest BCUT2D eigenvalue weighted by molar-refractivity contribution is 5.78. The topological polar surface area (TPSA) is 41.6 Å². The number of nitrogens with one attached hydrogen (secondary N) is 1. The van der Waals surface area contributed by atoms with Crippen LogP contribution in [0.5, 0.6) is 0 Å². The van der Waals surface area contributed by atoms with E-state index in [-0.39, 0.29) is 18.1 Å². The van der Waals surface area contributed by atoms with E-state index in [1.807, 2.05) is 0 Å². The summed E-state index contributed by atoms with van der Waals surface area (Å²) in [7, 11) is 0. The van der Waals surface area contributed by atoms with Gasteiger partial charge < -0.3 is 15.0 Å². The normalized spacial score (nSPS) is 36.0. The summed E-state index contributed by atoms with van der Waals surface area (Å²) in [6.45, 7) is 9.78. The van der Waals surface area contributed by atoms with E-state index < -0.39 is 0 Å². The Balaban J connectivity index is 1.98. The van der Waals surface area contributed by atoms with E-state index in [4.69, 9.17) is 4.74 Å². The summed E-state index contributed by atoms with van der Waals surface area (Å²) in [5, 5.41) is 2.93. The highest BCUT2D eigenvalue weighted by atomic mass is 16.5. The molecule has 0 radical (unpaired) electrons. The highest BCUT2D eigenvalue weighted by Gasteiger charge is 2.41. The van der Waals surface area contributed by atoms with Crippen LogP contribution < -0.4 is 5.32 Å². The van der Waals surface area contributed by atoms with Gasteiger partial charge in [0.2, 0.25) is 5.91 Å². The maximum atomic E-state index is 11.2. The molecule has 2 unspecified atom stereocenters. The Morgan fingerprint density at radius 2 is 2.29 bits per heavy atom. The van der Waals surface area contributed by atoms with Gasteiger partial charge >= 0.3 is 0 Å². The lowest BCUT2D eigenvalue weighted by molar-refractivity contribution is -0.152. The van der Waals surface area contributed by atoms with Crippen LogP contribution in [0, 0.1) is 5.92 Å². The van der Waals surface area contributed by atoms with Gasteiger partial charge in [0.25, 0.3) is 0 Å². The standard InChI is InChI=1S/C13H24N2O2/c1-10(2)15-6-4-5-11(7-15)13(3)9-14-12(16)8-17-13/h10-11H,4-9H2,1-3H3,(H,14,16). The van der Waals surface area contributed by atoms with Crippen LogP contribution in [0.3, 0.4) is 0 Å². The van der Waals surface area contributed by atoms with Gasteiger partial charge in [0.15, 0.2) is 0 Å². The average molecular weight is 240 g/mol. The second-order valence-corrected chi connectivity index (χ2v) is 5.81. The third-order valence-electron chi connectivity index (χ3n) is 4.22. The number of hydrogen-bond donors (Lipinski definition) is 1. The zero-order chi connectivity index (χ0) is 12.5. The molecule has 17 heavy (non-hydrogen) atoms. The highest BCUT2D eigenvalue weighted by Crippen LogP contribution is 2.31. The van der Waals surface area contributed by atoms with Crippen molar-refractivity contribution in [3.63, 3.8) is 0 Å². The number of amides is 1. The number of morpholine rings is 1. The maximum absolute atomic E-state index is 11.2. The molecule has 98 valence electrons. The Bertz CT molecular complexity index is 281. The summed E-state index contributed by atoms with van der Waals surface area (Å²) < 4.78 is 5.81. The van der Waals surface area contributed by atoms with E-state index in [1.165, 1.54) is 19.4 Å². The molecule has 2 fully saturated rings. The number of carbonyl (C=O) groups is 1. The molecule has 4 nitrogen and oxygen atoms in total. The van der Waals surface area contributed by atoms with Gasteiger partial charge in [-0.2, -0.15) is 0 Å². The van der Waals surface area contributed by atoms with E-state index in [1.54, 1.807) is 0 Å². The molecule has 0 aliphatic carbocycles. The van der Waals surface area contributed by atoms with Crippen LogP contribution in [0.15, 0.2) is 0 Å².